The van der Waals surface area contributed by atoms with Crippen molar-refractivity contribution >= 4 is 23.6 Å². The normalized spacial score (nSPS) is 27.8. The van der Waals surface area contributed by atoms with Crippen molar-refractivity contribution in [3.8, 4) is 0 Å². The Kier molecular flexibility index (Phi) is 3.19. The molecule has 0 aromatic carbocycles. The first-order valence-corrected chi connectivity index (χ1v) is 6.90. The molecule has 2 heterocycles. The minimum absolute atomic E-state index is 0.122. The predicted octanol–water partition coefficient (Wildman–Crippen LogP) is 0.845. The number of ether oxygens (including phenoxy) is 1. The van der Waals surface area contributed by atoms with Gasteiger partial charge in [-0.3, -0.25) is 9.69 Å². The minimum atomic E-state index is -0.569. The Morgan fingerprint density at radius 1 is 1.50 bits per heavy atom. The number of hydrogen-bond acceptors (Lipinski definition) is 5. The maximum Gasteiger partial charge on any atom is 0.355 e. The zero-order valence-corrected chi connectivity index (χ0v) is 11.8. The number of β-lactam (4-membered cyclic amide) rings is 1. The smallest absolute Gasteiger partial charge is 0.355 e. The molecule has 1 amide bonds. The van der Waals surface area contributed by atoms with E-state index >= 15 is 0 Å². The molecule has 1 unspecified atom stereocenters. The van der Waals surface area contributed by atoms with E-state index in [1.54, 1.807) is 32.5 Å². The molecule has 2 aliphatic rings. The standard InChI is InChI=1S/C12H18N2O3S/c1-6-5-18-10-7(13)9(15)14(10)8(6)11(16)17-12(2,3)4/h7,10H,5,13H2,1-4H3/t7-,10?/m1/s1. The van der Waals surface area contributed by atoms with Crippen LogP contribution in [-0.2, 0) is 14.3 Å². The second-order valence-electron chi connectivity index (χ2n) is 5.57. The minimum Gasteiger partial charge on any atom is -0.455 e. The number of thioether (sulfide) groups is 1. The van der Waals surface area contributed by atoms with Gasteiger partial charge in [0.1, 0.15) is 22.7 Å². The summed E-state index contributed by atoms with van der Waals surface area (Å²) in [7, 11) is 0. The SMILES string of the molecule is CC1=C(C(=O)OC(C)(C)C)N2C(=O)[C@@H](N)C2SC1. The molecule has 1 saturated heterocycles. The van der Waals surface area contributed by atoms with Crippen molar-refractivity contribution in [1.82, 2.24) is 4.90 Å². The molecule has 2 atom stereocenters. The van der Waals surface area contributed by atoms with E-state index in [9.17, 15) is 9.59 Å². The first-order valence-electron chi connectivity index (χ1n) is 5.86. The first kappa shape index (κ1) is 13.4. The van der Waals surface area contributed by atoms with Crippen LogP contribution in [0.5, 0.6) is 0 Å². The lowest BCUT2D eigenvalue weighted by Crippen LogP contribution is -2.68. The van der Waals surface area contributed by atoms with Gasteiger partial charge in [-0.25, -0.2) is 4.79 Å². The van der Waals surface area contributed by atoms with Crippen LogP contribution in [-0.4, -0.2) is 39.5 Å². The average Bonchev–Trinajstić information content (AvgIpc) is 2.25. The van der Waals surface area contributed by atoms with Crippen LogP contribution in [0.25, 0.3) is 0 Å². The van der Waals surface area contributed by atoms with Gasteiger partial charge in [-0.1, -0.05) is 0 Å². The molecule has 0 radical (unpaired) electrons. The number of carbonyl (C=O) groups excluding carboxylic acids is 2. The summed E-state index contributed by atoms with van der Waals surface area (Å²) >= 11 is 1.59. The number of rotatable bonds is 1. The van der Waals surface area contributed by atoms with Gasteiger partial charge in [-0.15, -0.1) is 11.8 Å². The molecule has 2 aliphatic heterocycles. The van der Waals surface area contributed by atoms with Crippen molar-refractivity contribution in [3.05, 3.63) is 11.3 Å². The molecule has 0 aromatic rings. The summed E-state index contributed by atoms with van der Waals surface area (Å²) in [5.41, 5.74) is 6.40. The molecule has 0 aliphatic carbocycles. The second-order valence-corrected chi connectivity index (χ2v) is 6.67. The maximum absolute atomic E-state index is 12.1. The summed E-state index contributed by atoms with van der Waals surface area (Å²) in [5, 5.41) is -0.122. The van der Waals surface area contributed by atoms with Crippen LogP contribution in [0, 0.1) is 0 Å². The number of carbonyl (C=O) groups is 2. The molecular formula is C12H18N2O3S. The third-order valence-electron chi connectivity index (χ3n) is 2.79. The zero-order chi connectivity index (χ0) is 13.7. The van der Waals surface area contributed by atoms with Crippen molar-refractivity contribution in [2.24, 2.45) is 5.73 Å². The van der Waals surface area contributed by atoms with Crippen LogP contribution < -0.4 is 5.73 Å². The molecule has 0 aromatic heterocycles. The summed E-state index contributed by atoms with van der Waals surface area (Å²) in [5.74, 6) is 0.0643. The Bertz CT molecular complexity index is 439. The molecule has 2 N–H and O–H groups in total. The summed E-state index contributed by atoms with van der Waals surface area (Å²) in [4.78, 5) is 25.4. The van der Waals surface area contributed by atoms with Crippen LogP contribution in [0.4, 0.5) is 0 Å². The number of nitrogens with zero attached hydrogens (tertiary/aromatic N) is 1. The van der Waals surface area contributed by atoms with Crippen molar-refractivity contribution < 1.29 is 14.3 Å². The quantitative estimate of drug-likeness (QED) is 0.565. The Morgan fingerprint density at radius 3 is 2.67 bits per heavy atom. The number of fused-ring (bicyclic) bond motifs is 1. The topological polar surface area (TPSA) is 72.6 Å². The molecule has 2 rings (SSSR count). The van der Waals surface area contributed by atoms with Crippen LogP contribution in [0.2, 0.25) is 0 Å². The van der Waals surface area contributed by atoms with Gasteiger partial charge >= 0.3 is 5.97 Å². The van der Waals surface area contributed by atoms with Crippen molar-refractivity contribution in [3.63, 3.8) is 0 Å². The fraction of sp³-hybridized carbons (Fsp3) is 0.667. The van der Waals surface area contributed by atoms with E-state index in [2.05, 4.69) is 0 Å². The van der Waals surface area contributed by atoms with E-state index < -0.39 is 17.6 Å². The van der Waals surface area contributed by atoms with Crippen LogP contribution in [0.1, 0.15) is 27.7 Å². The molecule has 100 valence electrons. The second kappa shape index (κ2) is 4.28. The lowest BCUT2D eigenvalue weighted by atomic mass is 10.0. The van der Waals surface area contributed by atoms with Crippen LogP contribution in [0.3, 0.4) is 0 Å². The largest absolute Gasteiger partial charge is 0.455 e. The highest BCUT2D eigenvalue weighted by Gasteiger charge is 2.51. The van der Waals surface area contributed by atoms with Crippen molar-refractivity contribution in [2.75, 3.05) is 5.75 Å². The average molecular weight is 270 g/mol. The number of esters is 1. The van der Waals surface area contributed by atoms with E-state index in [1.807, 2.05) is 6.92 Å². The number of amides is 1. The van der Waals surface area contributed by atoms with Gasteiger partial charge in [0.05, 0.1) is 0 Å². The van der Waals surface area contributed by atoms with E-state index in [0.717, 1.165) is 5.57 Å². The van der Waals surface area contributed by atoms with E-state index in [4.69, 9.17) is 10.5 Å². The van der Waals surface area contributed by atoms with E-state index in [-0.39, 0.29) is 11.3 Å². The molecule has 0 saturated carbocycles. The Labute approximate surface area is 111 Å². The summed E-state index contributed by atoms with van der Waals surface area (Å²) in [6.45, 7) is 7.26. The molecule has 0 bridgehead atoms. The van der Waals surface area contributed by atoms with Gasteiger partial charge in [0.25, 0.3) is 0 Å². The third kappa shape index (κ3) is 2.14. The summed E-state index contributed by atoms with van der Waals surface area (Å²) in [6.07, 6.45) is 0. The van der Waals surface area contributed by atoms with Crippen molar-refractivity contribution in [2.45, 2.75) is 44.7 Å². The van der Waals surface area contributed by atoms with Gasteiger partial charge in [-0.05, 0) is 33.3 Å². The fourth-order valence-electron chi connectivity index (χ4n) is 1.99. The monoisotopic (exact) mass is 270 g/mol. The highest BCUT2D eigenvalue weighted by atomic mass is 32.2. The van der Waals surface area contributed by atoms with Gasteiger partial charge in [-0.2, -0.15) is 0 Å². The first-order chi connectivity index (χ1) is 8.22. The maximum atomic E-state index is 12.1. The highest BCUT2D eigenvalue weighted by Crippen LogP contribution is 2.39. The lowest BCUT2D eigenvalue weighted by molar-refractivity contribution is -0.158. The molecule has 5 nitrogen and oxygen atoms in total. The molecule has 0 spiro atoms. The summed E-state index contributed by atoms with van der Waals surface area (Å²) < 4.78 is 5.34. The van der Waals surface area contributed by atoms with Crippen LogP contribution in [0.15, 0.2) is 11.3 Å². The Hall–Kier alpha value is -1.01. The van der Waals surface area contributed by atoms with Crippen LogP contribution >= 0.6 is 11.8 Å². The van der Waals surface area contributed by atoms with Crippen molar-refractivity contribution in [1.29, 1.82) is 0 Å². The van der Waals surface area contributed by atoms with Gasteiger partial charge in [0, 0.05) is 5.75 Å². The molecule has 1 fully saturated rings. The zero-order valence-electron chi connectivity index (χ0n) is 11.0. The van der Waals surface area contributed by atoms with Gasteiger partial charge in [0.2, 0.25) is 5.91 Å². The van der Waals surface area contributed by atoms with E-state index in [1.165, 1.54) is 4.90 Å². The lowest BCUT2D eigenvalue weighted by Gasteiger charge is -2.48. The fourth-order valence-corrected chi connectivity index (χ4v) is 3.23. The van der Waals surface area contributed by atoms with Gasteiger partial charge in [0.15, 0.2) is 0 Å². The Balaban J connectivity index is 2.25. The number of nitrogens with two attached hydrogens (primary N) is 1. The third-order valence-corrected chi connectivity index (χ3v) is 4.24. The summed E-state index contributed by atoms with van der Waals surface area (Å²) in [6, 6.07) is -0.500. The van der Waals surface area contributed by atoms with Gasteiger partial charge < -0.3 is 10.5 Å². The predicted molar refractivity (Wildman–Crippen MR) is 69.6 cm³/mol. The highest BCUT2D eigenvalue weighted by molar-refractivity contribution is 8.00. The molecule has 18 heavy (non-hydrogen) atoms. The molecular weight excluding hydrogens is 252 g/mol. The van der Waals surface area contributed by atoms with E-state index in [0.29, 0.717) is 11.4 Å². The molecule has 6 heteroatoms. The number of hydrogen-bond donors (Lipinski definition) is 1. The Morgan fingerprint density at radius 2 is 2.11 bits per heavy atom.